The molecular formula is C27H40N2O11S3-2. The van der Waals surface area contributed by atoms with Crippen molar-refractivity contribution in [1.29, 1.82) is 0 Å². The van der Waals surface area contributed by atoms with E-state index in [0.717, 1.165) is 19.8 Å². The molecule has 43 heavy (non-hydrogen) atoms. The summed E-state index contributed by atoms with van der Waals surface area (Å²) in [6.45, 7) is 1.50. The molecule has 16 heteroatoms. The molecule has 0 aromatic heterocycles. The molecule has 1 aromatic rings. The second-order valence-corrected chi connectivity index (χ2v) is 15.7. The van der Waals surface area contributed by atoms with Gasteiger partial charge < -0.3 is 29.6 Å². The first-order valence-corrected chi connectivity index (χ1v) is 18.1. The first-order valence-electron chi connectivity index (χ1n) is 13.9. The number of ether oxygens (including phenoxy) is 2. The van der Waals surface area contributed by atoms with E-state index in [-0.39, 0.29) is 12.8 Å². The highest BCUT2D eigenvalue weighted by atomic mass is 32.3. The summed E-state index contributed by atoms with van der Waals surface area (Å²) in [7, 11) is -2.58. The summed E-state index contributed by atoms with van der Waals surface area (Å²) in [5.41, 5.74) is 4.36. The number of carbonyl (C=O) groups excluding carboxylic acids is 3. The van der Waals surface area contributed by atoms with E-state index in [1.165, 1.54) is 6.92 Å². The predicted octanol–water partition coefficient (Wildman–Crippen LogP) is 0.971. The van der Waals surface area contributed by atoms with Crippen molar-refractivity contribution in [3.05, 3.63) is 35.9 Å². The minimum Gasteiger partial charge on any atom is -0.771 e. The van der Waals surface area contributed by atoms with Crippen LogP contribution in [0.2, 0.25) is 0 Å². The third-order valence-electron chi connectivity index (χ3n) is 7.70. The van der Waals surface area contributed by atoms with Gasteiger partial charge >= 0.3 is 11.9 Å². The lowest BCUT2D eigenvalue weighted by Gasteiger charge is -2.45. The molecular weight excluding hydrogens is 625 g/mol. The van der Waals surface area contributed by atoms with E-state index in [2.05, 4.69) is 5.32 Å². The van der Waals surface area contributed by atoms with Gasteiger partial charge in [-0.3, -0.25) is 18.0 Å². The number of hydrogen-bond acceptors (Lipinski definition) is 12. The fourth-order valence-corrected chi connectivity index (χ4v) is 7.85. The van der Waals surface area contributed by atoms with Crippen molar-refractivity contribution in [3.63, 3.8) is 0 Å². The number of benzene rings is 1. The van der Waals surface area contributed by atoms with Crippen LogP contribution in [0.25, 0.3) is 0 Å². The van der Waals surface area contributed by atoms with E-state index in [1.54, 1.807) is 30.3 Å². The van der Waals surface area contributed by atoms with Crippen molar-refractivity contribution in [1.82, 2.24) is 5.32 Å². The first-order chi connectivity index (χ1) is 20.1. The van der Waals surface area contributed by atoms with Crippen LogP contribution in [0, 0.1) is 11.8 Å². The second kappa shape index (κ2) is 16.2. The molecule has 1 aromatic carbocycles. The number of amides is 1. The molecule has 1 aliphatic carbocycles. The molecule has 5 unspecified atom stereocenters. The largest absolute Gasteiger partial charge is 0.771 e. The number of esters is 2. The molecule has 2 rings (SSSR count). The van der Waals surface area contributed by atoms with Gasteiger partial charge in [0.15, 0.2) is 0 Å². The van der Waals surface area contributed by atoms with Gasteiger partial charge in [-0.15, -0.1) is 0 Å². The second-order valence-electron chi connectivity index (χ2n) is 10.8. The van der Waals surface area contributed by atoms with E-state index >= 15 is 0 Å². The van der Waals surface area contributed by atoms with E-state index < -0.39 is 96.1 Å². The fourth-order valence-electron chi connectivity index (χ4n) is 5.32. The van der Waals surface area contributed by atoms with Crippen LogP contribution < -0.4 is 11.1 Å². The maximum atomic E-state index is 14.1. The molecule has 3 N–H and O–H groups in total. The summed E-state index contributed by atoms with van der Waals surface area (Å²) in [5.74, 6) is -5.53. The summed E-state index contributed by atoms with van der Waals surface area (Å²) in [5, 5.41) is 2.54. The van der Waals surface area contributed by atoms with Gasteiger partial charge in [0, 0.05) is 30.6 Å². The minimum absolute atomic E-state index is 0.128. The average Bonchev–Trinajstić information content (AvgIpc) is 2.97. The monoisotopic (exact) mass is 664 g/mol. The van der Waals surface area contributed by atoms with Gasteiger partial charge in [0.2, 0.25) is 5.91 Å². The zero-order chi connectivity index (χ0) is 32.4. The van der Waals surface area contributed by atoms with Crippen LogP contribution in [-0.2, 0) is 62.3 Å². The zero-order valence-electron chi connectivity index (χ0n) is 24.5. The molecule has 0 aliphatic heterocycles. The quantitative estimate of drug-likeness (QED) is 0.143. The molecule has 1 amide bonds. The smallest absolute Gasteiger partial charge is 0.372 e. The molecule has 0 radical (unpaired) electrons. The summed E-state index contributed by atoms with van der Waals surface area (Å²) in [4.78, 5) is 40.0. The van der Waals surface area contributed by atoms with Gasteiger partial charge in [0.25, 0.3) is 5.72 Å². The normalized spacial score (nSPS) is 20.0. The Kier molecular flexibility index (Phi) is 13.9. The maximum absolute atomic E-state index is 14.1. The molecule has 0 saturated heterocycles. The molecule has 13 nitrogen and oxygen atoms in total. The molecule has 1 saturated carbocycles. The van der Waals surface area contributed by atoms with Gasteiger partial charge in [0.05, 0.1) is 12.9 Å². The highest BCUT2D eigenvalue weighted by Gasteiger charge is 2.53. The number of hydrogen-bond donors (Lipinski definition) is 2. The van der Waals surface area contributed by atoms with Crippen molar-refractivity contribution >= 4 is 49.8 Å². The maximum Gasteiger partial charge on any atom is 0.372 e. The van der Waals surface area contributed by atoms with Crippen LogP contribution in [0.5, 0.6) is 0 Å². The van der Waals surface area contributed by atoms with Gasteiger partial charge in [-0.05, 0) is 59.8 Å². The summed E-state index contributed by atoms with van der Waals surface area (Å²) in [6.07, 6.45) is 2.21. The Bertz CT molecular complexity index is 1260. The Labute approximate surface area is 257 Å². The van der Waals surface area contributed by atoms with Crippen LogP contribution in [0.4, 0.5) is 0 Å². The SMILES string of the molecule is CCC(=O)OC(NC(=O)C(Cc1ccccc1)CC(C(N)CCS(C)(=O)=O)(S(=O)[O-])S(=O)[O-])(C(=O)OC)C1CCCCC1. The van der Waals surface area contributed by atoms with Crippen LogP contribution in [-0.4, -0.2) is 78.8 Å². The summed E-state index contributed by atoms with van der Waals surface area (Å²) in [6, 6.07) is 6.58. The lowest BCUT2D eigenvalue weighted by Crippen LogP contribution is -2.64. The molecule has 5 atom stereocenters. The lowest BCUT2D eigenvalue weighted by atomic mass is 9.80. The Morgan fingerprint density at radius 1 is 1.09 bits per heavy atom. The van der Waals surface area contributed by atoms with E-state index in [4.69, 9.17) is 15.2 Å². The van der Waals surface area contributed by atoms with Gasteiger partial charge in [-0.1, -0.05) is 56.5 Å². The highest BCUT2D eigenvalue weighted by molar-refractivity contribution is 7.99. The van der Waals surface area contributed by atoms with Crippen molar-refractivity contribution in [2.24, 2.45) is 17.6 Å². The van der Waals surface area contributed by atoms with Crippen LogP contribution in [0.3, 0.4) is 0 Å². The Morgan fingerprint density at radius 3 is 2.16 bits per heavy atom. The van der Waals surface area contributed by atoms with E-state index in [9.17, 15) is 40.3 Å². The molecule has 1 aliphatic rings. The molecule has 1 fully saturated rings. The predicted molar refractivity (Wildman–Crippen MR) is 157 cm³/mol. The third kappa shape index (κ3) is 9.62. The third-order valence-corrected chi connectivity index (χ3v) is 11.6. The van der Waals surface area contributed by atoms with Crippen molar-refractivity contribution < 1.29 is 49.8 Å². The van der Waals surface area contributed by atoms with Crippen LogP contribution >= 0.6 is 0 Å². The summed E-state index contributed by atoms with van der Waals surface area (Å²) >= 11 is -6.87. The van der Waals surface area contributed by atoms with Gasteiger partial charge in [-0.2, -0.15) is 0 Å². The Hall–Kier alpha value is -2.24. The number of sulfone groups is 1. The van der Waals surface area contributed by atoms with Crippen molar-refractivity contribution in [2.75, 3.05) is 19.1 Å². The standard InChI is InChI=1S/C27H42N2O11S3/c1-4-23(30)40-27(25(32)39-2,21-13-9-6-10-14-21)29-24(31)20(17-19-11-7-5-8-12-19)18-26(41(33)34,42(35)36)22(28)15-16-43(3,37)38/h5,7-8,11-12,20-22H,4,6,9-10,13-18,28H2,1-3H3,(H,29,31)(H,33,34)(H,35,36)/p-2. The topological polar surface area (TPSA) is 222 Å². The first kappa shape index (κ1) is 36.9. The Balaban J connectivity index is 2.65. The molecule has 0 spiro atoms. The van der Waals surface area contributed by atoms with E-state index in [1.807, 2.05) is 0 Å². The lowest BCUT2D eigenvalue weighted by molar-refractivity contribution is -0.197. The van der Waals surface area contributed by atoms with Crippen molar-refractivity contribution in [2.45, 2.75) is 80.6 Å². The number of methoxy groups -OCH3 is 1. The Morgan fingerprint density at radius 2 is 1.67 bits per heavy atom. The highest BCUT2D eigenvalue weighted by Crippen LogP contribution is 2.37. The van der Waals surface area contributed by atoms with Gasteiger partial charge in [0.1, 0.15) is 13.9 Å². The summed E-state index contributed by atoms with van der Waals surface area (Å²) < 4.78 is 81.8. The zero-order valence-corrected chi connectivity index (χ0v) is 26.9. The van der Waals surface area contributed by atoms with Crippen LogP contribution in [0.1, 0.15) is 63.9 Å². The van der Waals surface area contributed by atoms with Crippen molar-refractivity contribution in [3.8, 4) is 0 Å². The fraction of sp³-hybridized carbons (Fsp3) is 0.667. The van der Waals surface area contributed by atoms with Gasteiger partial charge in [-0.25, -0.2) is 13.2 Å². The number of nitrogens with two attached hydrogens (primary N) is 1. The number of carbonyl (C=O) groups is 3. The number of rotatable bonds is 16. The number of nitrogens with one attached hydrogen (secondary N) is 1. The van der Waals surface area contributed by atoms with Crippen LogP contribution in [0.15, 0.2) is 30.3 Å². The molecule has 244 valence electrons. The molecule has 0 heterocycles. The minimum atomic E-state index is -3.65. The average molecular weight is 665 g/mol. The molecule has 0 bridgehead atoms. The van der Waals surface area contributed by atoms with E-state index in [0.29, 0.717) is 31.2 Å².